The summed E-state index contributed by atoms with van der Waals surface area (Å²) in [6.07, 6.45) is 0.585. The Morgan fingerprint density at radius 1 is 1.20 bits per heavy atom. The van der Waals surface area contributed by atoms with Gasteiger partial charge in [0.25, 0.3) is 0 Å². The van der Waals surface area contributed by atoms with E-state index in [1.807, 2.05) is 0 Å². The average molecular weight is 214 g/mol. The smallest absolute Gasteiger partial charge is 0.135 e. The Bertz CT molecular complexity index is 357. The Morgan fingerprint density at radius 3 is 2.20 bits per heavy atom. The van der Waals surface area contributed by atoms with Crippen molar-refractivity contribution in [2.75, 3.05) is 0 Å². The molecule has 0 unspecified atom stereocenters. The summed E-state index contributed by atoms with van der Waals surface area (Å²) in [5.41, 5.74) is -1.25. The van der Waals surface area contributed by atoms with Crippen LogP contribution in [0.15, 0.2) is 12.1 Å². The number of hydrogen-bond donors (Lipinski definition) is 1. The molecule has 0 aromatic heterocycles. The largest absolute Gasteiger partial charge is 0.385 e. The van der Waals surface area contributed by atoms with Crippen LogP contribution in [0.5, 0.6) is 0 Å². The first-order chi connectivity index (χ1) is 6.96. The van der Waals surface area contributed by atoms with Crippen molar-refractivity contribution >= 4 is 0 Å². The molecule has 0 heterocycles. The van der Waals surface area contributed by atoms with Crippen molar-refractivity contribution < 1.29 is 13.9 Å². The second kappa shape index (κ2) is 4.27. The molecule has 0 aliphatic rings. The van der Waals surface area contributed by atoms with E-state index in [1.165, 1.54) is 12.1 Å². The number of aliphatic hydroxyl groups is 1. The summed E-state index contributed by atoms with van der Waals surface area (Å²) in [6.45, 7) is 4.99. The van der Waals surface area contributed by atoms with Gasteiger partial charge >= 0.3 is 0 Å². The van der Waals surface area contributed by atoms with Gasteiger partial charge in [-0.05, 0) is 31.4 Å². The van der Waals surface area contributed by atoms with Crippen molar-refractivity contribution in [3.05, 3.63) is 34.9 Å². The van der Waals surface area contributed by atoms with Crippen molar-refractivity contribution in [2.45, 2.75) is 39.2 Å². The maximum Gasteiger partial charge on any atom is 0.135 e. The zero-order valence-corrected chi connectivity index (χ0v) is 9.27. The van der Waals surface area contributed by atoms with Crippen LogP contribution in [-0.4, -0.2) is 5.11 Å². The normalized spacial score (nSPS) is 11.9. The van der Waals surface area contributed by atoms with Gasteiger partial charge in [0, 0.05) is 0 Å². The molecule has 0 saturated carbocycles. The summed E-state index contributed by atoms with van der Waals surface area (Å²) in [5.74, 6) is -1.31. The number of rotatable bonds is 3. The van der Waals surface area contributed by atoms with Crippen LogP contribution < -0.4 is 0 Å². The van der Waals surface area contributed by atoms with E-state index in [0.29, 0.717) is 18.4 Å². The third-order valence-electron chi connectivity index (χ3n) is 2.92. The number of aryl methyl sites for hydroxylation is 1. The van der Waals surface area contributed by atoms with Gasteiger partial charge in [-0.25, -0.2) is 8.78 Å². The summed E-state index contributed by atoms with van der Waals surface area (Å²) in [7, 11) is 0. The van der Waals surface area contributed by atoms with E-state index in [9.17, 15) is 13.9 Å². The lowest BCUT2D eigenvalue weighted by atomic mass is 9.87. The highest BCUT2D eigenvalue weighted by atomic mass is 19.1. The molecule has 0 atom stereocenters. The highest BCUT2D eigenvalue weighted by Gasteiger charge is 2.32. The van der Waals surface area contributed by atoms with E-state index >= 15 is 0 Å². The predicted molar refractivity (Wildman–Crippen MR) is 55.6 cm³/mol. The molecule has 1 aromatic carbocycles. The van der Waals surface area contributed by atoms with Crippen LogP contribution in [0.25, 0.3) is 0 Å². The van der Waals surface area contributed by atoms with Crippen LogP contribution in [0.4, 0.5) is 8.78 Å². The maximum atomic E-state index is 13.7. The molecule has 0 bridgehead atoms. The molecule has 0 radical (unpaired) electrons. The first-order valence-electron chi connectivity index (χ1n) is 5.13. The van der Waals surface area contributed by atoms with Gasteiger partial charge in [0.05, 0.1) is 11.2 Å². The molecule has 1 rings (SSSR count). The van der Waals surface area contributed by atoms with E-state index in [0.717, 1.165) is 0 Å². The van der Waals surface area contributed by atoms with Crippen LogP contribution >= 0.6 is 0 Å². The summed E-state index contributed by atoms with van der Waals surface area (Å²) in [6, 6.07) is 2.57. The number of hydrogen-bond acceptors (Lipinski definition) is 1. The summed E-state index contributed by atoms with van der Waals surface area (Å²) < 4.78 is 27.2. The van der Waals surface area contributed by atoms with Gasteiger partial charge in [-0.3, -0.25) is 0 Å². The molecule has 84 valence electrons. The van der Waals surface area contributed by atoms with Crippen molar-refractivity contribution in [1.29, 1.82) is 0 Å². The number of halogens is 2. The topological polar surface area (TPSA) is 20.2 Å². The molecular formula is C12H16F2O. The zero-order valence-electron chi connectivity index (χ0n) is 9.27. The summed E-state index contributed by atoms with van der Waals surface area (Å²) in [4.78, 5) is 0. The average Bonchev–Trinajstić information content (AvgIpc) is 2.23. The van der Waals surface area contributed by atoms with E-state index < -0.39 is 17.2 Å². The fourth-order valence-electron chi connectivity index (χ4n) is 1.69. The molecule has 0 saturated heterocycles. The highest BCUT2D eigenvalue weighted by Crippen LogP contribution is 2.33. The van der Waals surface area contributed by atoms with Crippen LogP contribution in [0.2, 0.25) is 0 Å². The lowest BCUT2D eigenvalue weighted by molar-refractivity contribution is 0.0210. The van der Waals surface area contributed by atoms with Crippen LogP contribution in [-0.2, 0) is 5.60 Å². The highest BCUT2D eigenvalue weighted by molar-refractivity contribution is 5.31. The Hall–Kier alpha value is -0.960. The third-order valence-corrected chi connectivity index (χ3v) is 2.92. The molecule has 0 fully saturated rings. The second-order valence-electron chi connectivity index (χ2n) is 3.79. The van der Waals surface area contributed by atoms with Gasteiger partial charge in [-0.2, -0.15) is 0 Å². The Balaban J connectivity index is 3.41. The van der Waals surface area contributed by atoms with E-state index in [4.69, 9.17) is 0 Å². The molecule has 1 N–H and O–H groups in total. The van der Waals surface area contributed by atoms with Crippen LogP contribution in [0, 0.1) is 18.6 Å². The molecule has 0 spiro atoms. The first-order valence-corrected chi connectivity index (χ1v) is 5.13. The minimum Gasteiger partial charge on any atom is -0.385 e. The summed E-state index contributed by atoms with van der Waals surface area (Å²) in [5, 5.41) is 10.1. The van der Waals surface area contributed by atoms with Gasteiger partial charge in [-0.15, -0.1) is 0 Å². The SMILES string of the molecule is CCC(O)(CC)c1c(F)ccc(C)c1F. The van der Waals surface area contributed by atoms with Crippen molar-refractivity contribution in [1.82, 2.24) is 0 Å². The van der Waals surface area contributed by atoms with Gasteiger partial charge in [-0.1, -0.05) is 19.9 Å². The maximum absolute atomic E-state index is 13.7. The van der Waals surface area contributed by atoms with Gasteiger partial charge < -0.3 is 5.11 Å². The fourth-order valence-corrected chi connectivity index (χ4v) is 1.69. The quantitative estimate of drug-likeness (QED) is 0.818. The molecule has 15 heavy (non-hydrogen) atoms. The second-order valence-corrected chi connectivity index (χ2v) is 3.79. The van der Waals surface area contributed by atoms with Gasteiger partial charge in [0.15, 0.2) is 0 Å². The third kappa shape index (κ3) is 2.02. The van der Waals surface area contributed by atoms with Crippen molar-refractivity contribution in [3.8, 4) is 0 Å². The van der Waals surface area contributed by atoms with Gasteiger partial charge in [0.2, 0.25) is 0 Å². The Morgan fingerprint density at radius 2 is 1.73 bits per heavy atom. The van der Waals surface area contributed by atoms with Crippen LogP contribution in [0.1, 0.15) is 37.8 Å². The monoisotopic (exact) mass is 214 g/mol. The molecule has 0 amide bonds. The molecule has 0 aliphatic carbocycles. The lowest BCUT2D eigenvalue weighted by Gasteiger charge is -2.27. The fraction of sp³-hybridized carbons (Fsp3) is 0.500. The molecular weight excluding hydrogens is 198 g/mol. The number of benzene rings is 1. The standard InChI is InChI=1S/C12H16F2O/c1-4-12(15,5-2)10-9(13)7-6-8(3)11(10)14/h6-7,15H,4-5H2,1-3H3. The predicted octanol–water partition coefficient (Wildman–Crippen LogP) is 3.28. The molecule has 1 aromatic rings. The zero-order chi connectivity index (χ0) is 11.6. The van der Waals surface area contributed by atoms with Gasteiger partial charge in [0.1, 0.15) is 11.6 Å². The Labute approximate surface area is 88.7 Å². The molecule has 0 aliphatic heterocycles. The van der Waals surface area contributed by atoms with E-state index in [2.05, 4.69) is 0 Å². The van der Waals surface area contributed by atoms with Crippen molar-refractivity contribution in [3.63, 3.8) is 0 Å². The summed E-state index contributed by atoms with van der Waals surface area (Å²) >= 11 is 0. The minimum absolute atomic E-state index is 0.201. The Kier molecular flexibility index (Phi) is 3.45. The van der Waals surface area contributed by atoms with E-state index in [1.54, 1.807) is 20.8 Å². The van der Waals surface area contributed by atoms with E-state index in [-0.39, 0.29) is 5.56 Å². The minimum atomic E-state index is -1.40. The first kappa shape index (κ1) is 12.1. The molecule has 1 nitrogen and oxygen atoms in total. The van der Waals surface area contributed by atoms with Crippen molar-refractivity contribution in [2.24, 2.45) is 0 Å². The molecule has 3 heteroatoms. The van der Waals surface area contributed by atoms with Crippen LogP contribution in [0.3, 0.4) is 0 Å². The lowest BCUT2D eigenvalue weighted by Crippen LogP contribution is -2.27.